The molecule has 0 fully saturated rings. The molecule has 1 N–H and O–H groups in total. The number of unbranched alkanes of at least 4 members (excludes halogenated alkanes) is 4. The van der Waals surface area contributed by atoms with E-state index in [0.29, 0.717) is 23.8 Å². The zero-order chi connectivity index (χ0) is 21.8. The van der Waals surface area contributed by atoms with Crippen molar-refractivity contribution in [3.05, 3.63) is 71.2 Å². The summed E-state index contributed by atoms with van der Waals surface area (Å²) in [6.07, 6.45) is 5.43. The van der Waals surface area contributed by atoms with Gasteiger partial charge in [-0.2, -0.15) is 0 Å². The summed E-state index contributed by atoms with van der Waals surface area (Å²) in [6, 6.07) is 13.6. The Morgan fingerprint density at radius 1 is 1.10 bits per heavy atom. The number of allylic oxidation sites excluding steroid dienone is 1. The number of nitrogens with one attached hydrogen (secondary N) is 1. The molecule has 3 aromatic rings. The molecule has 5 nitrogen and oxygen atoms in total. The number of ether oxygens (including phenoxy) is 1. The maximum absolute atomic E-state index is 13.6. The van der Waals surface area contributed by atoms with Crippen molar-refractivity contribution in [2.24, 2.45) is 0 Å². The fourth-order valence-corrected chi connectivity index (χ4v) is 4.14. The van der Waals surface area contributed by atoms with E-state index in [4.69, 9.17) is 4.74 Å². The van der Waals surface area contributed by atoms with E-state index < -0.39 is 6.04 Å². The predicted octanol–water partition coefficient (Wildman–Crippen LogP) is 5.98. The largest absolute Gasteiger partial charge is 0.462 e. The van der Waals surface area contributed by atoms with Gasteiger partial charge in [-0.1, -0.05) is 56.9 Å². The molecule has 0 saturated heterocycles. The maximum atomic E-state index is 13.6. The van der Waals surface area contributed by atoms with Crippen molar-refractivity contribution in [3.8, 4) is 0 Å². The third kappa shape index (κ3) is 4.33. The minimum Gasteiger partial charge on any atom is -0.462 e. The van der Waals surface area contributed by atoms with Gasteiger partial charge in [0.15, 0.2) is 0 Å². The van der Waals surface area contributed by atoms with E-state index in [1.165, 1.54) is 25.0 Å². The fourth-order valence-electron chi connectivity index (χ4n) is 4.14. The molecule has 162 valence electrons. The Kier molecular flexibility index (Phi) is 6.35. The van der Waals surface area contributed by atoms with Gasteiger partial charge in [0, 0.05) is 5.70 Å². The fraction of sp³-hybridized carbons (Fsp3) is 0.360. The molecule has 1 aromatic heterocycles. The molecule has 2 aromatic carbocycles. The number of imidazole rings is 1. The van der Waals surface area contributed by atoms with E-state index in [2.05, 4.69) is 17.2 Å². The lowest BCUT2D eigenvalue weighted by molar-refractivity contribution is -0.139. The van der Waals surface area contributed by atoms with Crippen LogP contribution in [0.2, 0.25) is 0 Å². The van der Waals surface area contributed by atoms with Gasteiger partial charge >= 0.3 is 5.97 Å². The van der Waals surface area contributed by atoms with Crippen molar-refractivity contribution < 1.29 is 13.9 Å². The van der Waals surface area contributed by atoms with Gasteiger partial charge in [0.05, 0.1) is 29.3 Å². The number of carbonyl (C=O) groups excluding carboxylic acids is 1. The standard InChI is InChI=1S/C25H28FN3O2/c1-3-4-5-6-9-16-31-24(30)22-17(2)27-25-28-20-10-7-8-11-21(20)29(25)23(22)18-12-14-19(26)15-13-18/h7-8,10-15,23H,3-6,9,16H2,1-2H3,(H,27,28)/t23-/m0/s1. The van der Waals surface area contributed by atoms with Crippen molar-refractivity contribution in [1.82, 2.24) is 9.55 Å². The van der Waals surface area contributed by atoms with E-state index in [-0.39, 0.29) is 11.8 Å². The number of rotatable bonds is 8. The van der Waals surface area contributed by atoms with Gasteiger partial charge < -0.3 is 10.1 Å². The summed E-state index contributed by atoms with van der Waals surface area (Å²) < 4.78 is 21.3. The number of hydrogen-bond donors (Lipinski definition) is 1. The Morgan fingerprint density at radius 2 is 1.84 bits per heavy atom. The van der Waals surface area contributed by atoms with Crippen LogP contribution in [0.5, 0.6) is 0 Å². The van der Waals surface area contributed by atoms with Crippen molar-refractivity contribution in [2.45, 2.75) is 52.0 Å². The predicted molar refractivity (Wildman–Crippen MR) is 120 cm³/mol. The number of fused-ring (bicyclic) bond motifs is 3. The highest BCUT2D eigenvalue weighted by Gasteiger charge is 2.34. The number of aromatic nitrogens is 2. The van der Waals surface area contributed by atoms with E-state index in [1.54, 1.807) is 12.1 Å². The quantitative estimate of drug-likeness (QED) is 0.359. The first-order valence-electron chi connectivity index (χ1n) is 11.0. The summed E-state index contributed by atoms with van der Waals surface area (Å²) in [5.74, 6) is -0.00677. The lowest BCUT2D eigenvalue weighted by atomic mass is 9.95. The van der Waals surface area contributed by atoms with Crippen LogP contribution < -0.4 is 5.32 Å². The van der Waals surface area contributed by atoms with Gasteiger partial charge in [0.2, 0.25) is 5.95 Å². The molecule has 0 unspecified atom stereocenters. The molecular formula is C25H28FN3O2. The molecule has 0 bridgehead atoms. The summed E-state index contributed by atoms with van der Waals surface area (Å²) in [4.78, 5) is 17.9. The van der Waals surface area contributed by atoms with E-state index in [0.717, 1.165) is 35.9 Å². The van der Waals surface area contributed by atoms with Gasteiger partial charge in [-0.25, -0.2) is 14.2 Å². The highest BCUT2D eigenvalue weighted by molar-refractivity contribution is 5.94. The van der Waals surface area contributed by atoms with Crippen LogP contribution >= 0.6 is 0 Å². The highest BCUT2D eigenvalue weighted by Crippen LogP contribution is 2.39. The molecule has 4 rings (SSSR count). The molecule has 0 aliphatic carbocycles. The third-order valence-electron chi connectivity index (χ3n) is 5.72. The monoisotopic (exact) mass is 421 g/mol. The normalized spacial score (nSPS) is 15.6. The average Bonchev–Trinajstić information content (AvgIpc) is 3.13. The highest BCUT2D eigenvalue weighted by atomic mass is 19.1. The molecule has 1 atom stereocenters. The topological polar surface area (TPSA) is 56.1 Å². The van der Waals surface area contributed by atoms with Gasteiger partial charge in [-0.05, 0) is 43.2 Å². The molecule has 0 saturated carbocycles. The second kappa shape index (κ2) is 9.33. The number of hydrogen-bond acceptors (Lipinski definition) is 4. The molecule has 0 amide bonds. The number of anilines is 1. The number of para-hydroxylation sites is 2. The SMILES string of the molecule is CCCCCCCOC(=O)C1=C(C)Nc2nc3ccccc3n2[C@H]1c1ccc(F)cc1. The Labute approximate surface area is 181 Å². The summed E-state index contributed by atoms with van der Waals surface area (Å²) in [7, 11) is 0. The second-order valence-electron chi connectivity index (χ2n) is 7.96. The molecule has 2 heterocycles. The summed E-state index contributed by atoms with van der Waals surface area (Å²) >= 11 is 0. The molecule has 0 spiro atoms. The lowest BCUT2D eigenvalue weighted by Crippen LogP contribution is -2.29. The first-order chi connectivity index (χ1) is 15.1. The van der Waals surface area contributed by atoms with E-state index >= 15 is 0 Å². The summed E-state index contributed by atoms with van der Waals surface area (Å²) in [6.45, 7) is 4.43. The van der Waals surface area contributed by atoms with Crippen LogP contribution in [-0.2, 0) is 9.53 Å². The number of carbonyl (C=O) groups is 1. The second-order valence-corrected chi connectivity index (χ2v) is 7.96. The van der Waals surface area contributed by atoms with Crippen LogP contribution in [0.25, 0.3) is 11.0 Å². The molecule has 31 heavy (non-hydrogen) atoms. The van der Waals surface area contributed by atoms with Gasteiger partial charge in [0.1, 0.15) is 5.82 Å². The number of halogens is 1. The minimum absolute atomic E-state index is 0.315. The smallest absolute Gasteiger partial charge is 0.338 e. The van der Waals surface area contributed by atoms with Gasteiger partial charge in [-0.3, -0.25) is 4.57 Å². The summed E-state index contributed by atoms with van der Waals surface area (Å²) in [5, 5.41) is 3.27. The van der Waals surface area contributed by atoms with Crippen molar-refractivity contribution in [3.63, 3.8) is 0 Å². The number of nitrogens with zero attached hydrogens (tertiary/aromatic N) is 2. The average molecular weight is 422 g/mol. The molecule has 0 radical (unpaired) electrons. The van der Waals surface area contributed by atoms with Crippen LogP contribution in [0.1, 0.15) is 57.6 Å². The number of benzene rings is 2. The Morgan fingerprint density at radius 3 is 2.61 bits per heavy atom. The van der Waals surface area contributed by atoms with Crippen LogP contribution in [0.15, 0.2) is 59.8 Å². The maximum Gasteiger partial charge on any atom is 0.338 e. The summed E-state index contributed by atoms with van der Waals surface area (Å²) in [5.41, 5.74) is 3.76. The third-order valence-corrected chi connectivity index (χ3v) is 5.72. The first-order valence-corrected chi connectivity index (χ1v) is 11.0. The van der Waals surface area contributed by atoms with Crippen LogP contribution in [0, 0.1) is 5.82 Å². The first kappa shape index (κ1) is 21.1. The minimum atomic E-state index is -0.447. The lowest BCUT2D eigenvalue weighted by Gasteiger charge is -2.30. The Bertz CT molecular complexity index is 1100. The Hall–Kier alpha value is -3.15. The van der Waals surface area contributed by atoms with E-state index in [9.17, 15) is 9.18 Å². The van der Waals surface area contributed by atoms with Gasteiger partial charge in [0.25, 0.3) is 0 Å². The zero-order valence-electron chi connectivity index (χ0n) is 18.0. The number of esters is 1. The van der Waals surface area contributed by atoms with Crippen LogP contribution in [0.4, 0.5) is 10.3 Å². The van der Waals surface area contributed by atoms with Gasteiger partial charge in [-0.15, -0.1) is 0 Å². The van der Waals surface area contributed by atoms with Crippen molar-refractivity contribution >= 4 is 23.0 Å². The van der Waals surface area contributed by atoms with Crippen LogP contribution in [0.3, 0.4) is 0 Å². The van der Waals surface area contributed by atoms with Crippen molar-refractivity contribution in [1.29, 1.82) is 0 Å². The van der Waals surface area contributed by atoms with Crippen molar-refractivity contribution in [2.75, 3.05) is 11.9 Å². The molecule has 1 aliphatic rings. The molecule has 1 aliphatic heterocycles. The Balaban J connectivity index is 1.67. The van der Waals surface area contributed by atoms with Crippen LogP contribution in [-0.4, -0.2) is 22.1 Å². The molecular weight excluding hydrogens is 393 g/mol. The molecule has 6 heteroatoms. The zero-order valence-corrected chi connectivity index (χ0v) is 18.0. The van der Waals surface area contributed by atoms with E-state index in [1.807, 2.05) is 35.8 Å².